The zero-order valence-corrected chi connectivity index (χ0v) is 56.6. The number of amides is 14. The number of anilines is 1. The quantitative estimate of drug-likeness (QED) is 0.0146. The number of rotatable bonds is 41. The molecule has 39 heteroatoms. The number of aromatic carboxylic acids is 1. The van der Waals surface area contributed by atoms with E-state index in [0.717, 1.165) is 32.5 Å². The first kappa shape index (κ1) is 83.1. The fourth-order valence-corrected chi connectivity index (χ4v) is 10.9. The molecule has 1 heterocycles. The molecule has 2 aromatic rings. The van der Waals surface area contributed by atoms with Crippen LogP contribution in [0, 0.1) is 5.92 Å². The molecular formula is C63H83N15O23S. The van der Waals surface area contributed by atoms with Crippen LogP contribution in [0.5, 0.6) is 5.75 Å². The van der Waals surface area contributed by atoms with E-state index < -0.39 is 204 Å². The largest absolute Gasteiger partial charge is 0.508 e. The fraction of sp³-hybridized carbons (Fsp3) is 0.444. The summed E-state index contributed by atoms with van der Waals surface area (Å²) in [6.45, 7) is 6.52. The minimum absolute atomic E-state index is 0.0235. The van der Waals surface area contributed by atoms with Crippen molar-refractivity contribution in [2.75, 3.05) is 23.4 Å². The van der Waals surface area contributed by atoms with E-state index in [4.69, 9.17) is 33.1 Å². The number of aliphatic hydroxyl groups is 2. The molecule has 102 heavy (non-hydrogen) atoms. The van der Waals surface area contributed by atoms with Crippen LogP contribution in [-0.2, 0) is 71.9 Å². The zero-order chi connectivity index (χ0) is 76.6. The molecule has 38 nitrogen and oxygen atoms in total. The lowest BCUT2D eigenvalue weighted by atomic mass is 9.90. The van der Waals surface area contributed by atoms with Gasteiger partial charge in [0.2, 0.25) is 82.7 Å². The van der Waals surface area contributed by atoms with Gasteiger partial charge in [0, 0.05) is 47.0 Å². The van der Waals surface area contributed by atoms with Gasteiger partial charge in [0.25, 0.3) is 0 Å². The van der Waals surface area contributed by atoms with Crippen LogP contribution in [0.15, 0.2) is 63.8 Å². The van der Waals surface area contributed by atoms with Crippen molar-refractivity contribution >= 4 is 123 Å². The predicted octanol–water partition coefficient (Wildman–Crippen LogP) is -5.45. The van der Waals surface area contributed by atoms with Crippen LogP contribution in [0.4, 0.5) is 5.69 Å². The molecule has 1 aliphatic heterocycles. The number of carboxylic acids is 2. The lowest BCUT2D eigenvalue weighted by Gasteiger charge is -2.28. The first-order valence-corrected chi connectivity index (χ1v) is 32.5. The van der Waals surface area contributed by atoms with Gasteiger partial charge < -0.3 is 112 Å². The summed E-state index contributed by atoms with van der Waals surface area (Å²) in [5, 5.41) is 73.7. The molecule has 0 unspecified atom stereocenters. The number of primary amides is 4. The Balaban J connectivity index is 1.48. The van der Waals surface area contributed by atoms with Crippen LogP contribution in [0.2, 0.25) is 0 Å². The monoisotopic (exact) mass is 1450 g/mol. The standard InChI is InChI=1S/C63H83N15O23S/c1-26(2)16-38(56(92)77-43(54(68)90)24-102-25-49(87)70-30-9-12-33(36(17-30)63(99)100)51-34-13-10-31(82)18-44(34)101-45-19-32(83)11-14-35(45)51)72-57(93)39(20-46(65)84)73-58(94)40(21-47(66)85)74-59(95)41(22-48(67)86)76-62(98)53(28(4)80)78-60(96)42(23-50(88)89)75-55(91)37(8-6-7-15-64)71-61(97)52(27(3)79)69-29(5)81/h9-14,17-19,26-28,37-43,52-53,79-80,82H,6-8,15-16,20-25,64H2,1-5H3,(H2,65,84)(H2,66,85)(H2,67,86)(H2,68,90)(H,69,81)(H,70,87)(H,71,97)(H,72,93)(H,73,94)(H,74,95)(H,75,91)(H,76,98)(H,77,92)(H,78,96)(H,88,89)(H,99,100)/t27-,28-,37+,38+,39+,40+,41+,42+,43+,52+,53+/m1/s1. The fourth-order valence-electron chi connectivity index (χ4n) is 10.1. The lowest BCUT2D eigenvalue weighted by Crippen LogP contribution is -2.62. The molecule has 14 amide bonds. The highest BCUT2D eigenvalue weighted by Gasteiger charge is 2.39. The molecule has 554 valence electrons. The average molecular weight is 1450 g/mol. The van der Waals surface area contributed by atoms with E-state index >= 15 is 0 Å². The van der Waals surface area contributed by atoms with E-state index in [1.807, 2.05) is 16.0 Å². The van der Waals surface area contributed by atoms with Crippen molar-refractivity contribution in [2.24, 2.45) is 34.6 Å². The average Bonchev–Trinajstić information content (AvgIpc) is 0.748. The van der Waals surface area contributed by atoms with Crippen molar-refractivity contribution in [2.45, 2.75) is 153 Å². The minimum atomic E-state index is -2.17. The van der Waals surface area contributed by atoms with Gasteiger partial charge in [-0.1, -0.05) is 19.9 Å². The van der Waals surface area contributed by atoms with Crippen LogP contribution in [0.25, 0.3) is 33.4 Å². The second kappa shape index (κ2) is 38.9. The number of nitrogens with one attached hydrogen (secondary N) is 10. The zero-order valence-electron chi connectivity index (χ0n) is 55.8. The Morgan fingerprint density at radius 2 is 1.00 bits per heavy atom. The third-order valence-corrected chi connectivity index (χ3v) is 15.9. The Morgan fingerprint density at radius 1 is 0.529 bits per heavy atom. The molecule has 0 radical (unpaired) electrons. The summed E-state index contributed by atoms with van der Waals surface area (Å²) in [5.74, 6) is -21.2. The number of hydrogen-bond acceptors (Lipinski definition) is 23. The number of carbonyl (C=O) groups excluding carboxylic acids is 14. The van der Waals surface area contributed by atoms with Gasteiger partial charge in [-0.05, 0) is 94.0 Å². The third-order valence-electron chi connectivity index (χ3n) is 14.9. The van der Waals surface area contributed by atoms with Gasteiger partial charge in [-0.15, -0.1) is 11.8 Å². The van der Waals surface area contributed by atoms with Gasteiger partial charge in [-0.25, -0.2) is 4.79 Å². The number of benzene rings is 3. The van der Waals surface area contributed by atoms with Gasteiger partial charge in [0.15, 0.2) is 5.43 Å². The first-order valence-electron chi connectivity index (χ1n) is 31.4. The van der Waals surface area contributed by atoms with Crippen molar-refractivity contribution in [1.29, 1.82) is 0 Å². The maximum absolute atomic E-state index is 14.0. The summed E-state index contributed by atoms with van der Waals surface area (Å²) in [6, 6.07) is -4.77. The van der Waals surface area contributed by atoms with Gasteiger partial charge in [-0.3, -0.25) is 76.7 Å². The van der Waals surface area contributed by atoms with Crippen molar-refractivity contribution in [3.05, 3.63) is 70.4 Å². The number of unbranched alkanes of at least 4 members (excludes halogenated alkanes) is 1. The Bertz CT molecular complexity index is 3870. The highest BCUT2D eigenvalue weighted by atomic mass is 32.2. The van der Waals surface area contributed by atoms with E-state index in [0.29, 0.717) is 22.9 Å². The summed E-state index contributed by atoms with van der Waals surface area (Å²) in [7, 11) is 0. The molecule has 0 bridgehead atoms. The molecule has 4 rings (SSSR count). The van der Waals surface area contributed by atoms with Crippen LogP contribution in [-0.4, -0.2) is 205 Å². The summed E-state index contributed by atoms with van der Waals surface area (Å²) in [4.78, 5) is 222. The minimum Gasteiger partial charge on any atom is -0.508 e. The summed E-state index contributed by atoms with van der Waals surface area (Å²) >= 11 is 0.795. The van der Waals surface area contributed by atoms with Crippen LogP contribution >= 0.6 is 11.8 Å². The molecule has 0 saturated heterocycles. The number of carboxylic acid groups (broad SMARTS) is 2. The summed E-state index contributed by atoms with van der Waals surface area (Å²) < 4.78 is 5.87. The molecule has 0 saturated carbocycles. The second-order valence-corrected chi connectivity index (χ2v) is 25.0. The molecule has 2 aliphatic rings. The number of aliphatic hydroxyl groups excluding tert-OH is 2. The second-order valence-electron chi connectivity index (χ2n) is 23.9. The Kier molecular flexibility index (Phi) is 31.7. The van der Waals surface area contributed by atoms with Crippen molar-refractivity contribution < 1.29 is 107 Å². The normalized spacial score (nSPS) is 14.4. The maximum Gasteiger partial charge on any atom is 0.336 e. The number of nitrogens with two attached hydrogens (primary N) is 5. The molecule has 0 spiro atoms. The van der Waals surface area contributed by atoms with Crippen molar-refractivity contribution in [3.63, 3.8) is 0 Å². The molecule has 0 aromatic heterocycles. The number of phenols is 1. The summed E-state index contributed by atoms with van der Waals surface area (Å²) in [6.07, 6.45) is -7.75. The number of aromatic hydroxyl groups is 1. The van der Waals surface area contributed by atoms with Crippen LogP contribution in [0.3, 0.4) is 0 Å². The van der Waals surface area contributed by atoms with Gasteiger partial charge >= 0.3 is 11.9 Å². The number of carbonyl (C=O) groups is 16. The maximum atomic E-state index is 14.0. The highest BCUT2D eigenvalue weighted by molar-refractivity contribution is 8.00. The first-order chi connectivity index (χ1) is 47.8. The Labute approximate surface area is 584 Å². The van der Waals surface area contributed by atoms with E-state index in [1.165, 1.54) is 54.6 Å². The SMILES string of the molecule is CC(=O)N[C@H](C(=O)N[C@@H](CCCCN)C(=O)N[C@@H](CC(=O)O)C(=O)N[C@H](C(=O)N[C@@H](CC(N)=O)C(=O)N[C@@H](CC(N)=O)C(=O)N[C@@H](CC(N)=O)C(=O)N[C@@H](CC(C)C)C(=O)N[C@@H](CSCC(=O)Nc1ccc(-c2c3ccc(=O)cc-3oc3cc(O)ccc23)c(C(=O)O)c1)C(N)=O)[C@@H](C)O)[C@@H](C)O. The van der Waals surface area contributed by atoms with Gasteiger partial charge in [0.05, 0.1) is 49.2 Å². The smallest absolute Gasteiger partial charge is 0.336 e. The molecule has 2 aromatic carbocycles. The number of thioether (sulfide) groups is 1. The lowest BCUT2D eigenvalue weighted by molar-refractivity contribution is -0.142. The molecule has 11 atom stereocenters. The predicted molar refractivity (Wildman–Crippen MR) is 361 cm³/mol. The van der Waals surface area contributed by atoms with E-state index in [9.17, 15) is 107 Å². The number of hydrogen-bond donors (Lipinski definition) is 20. The summed E-state index contributed by atoms with van der Waals surface area (Å²) in [5.41, 5.74) is 27.8. The van der Waals surface area contributed by atoms with E-state index in [-0.39, 0.29) is 65.5 Å². The topological polar surface area (TPSA) is 655 Å². The molecule has 0 fully saturated rings. The molecule has 1 aliphatic carbocycles. The van der Waals surface area contributed by atoms with Gasteiger partial charge in [0.1, 0.15) is 71.5 Å². The number of phenolic OH excluding ortho intramolecular Hbond substituents is 1. The Morgan fingerprint density at radius 3 is 1.49 bits per heavy atom. The molecular weight excluding hydrogens is 1370 g/mol. The molecule has 25 N–H and O–H groups in total. The van der Waals surface area contributed by atoms with Gasteiger partial charge in [-0.2, -0.15) is 0 Å². The Hall–Kier alpha value is -11.3. The number of fused-ring (bicyclic) bond motifs is 2. The van der Waals surface area contributed by atoms with Crippen LogP contribution in [0.1, 0.15) is 96.3 Å². The van der Waals surface area contributed by atoms with E-state index in [2.05, 4.69) is 37.2 Å². The number of aliphatic carboxylic acids is 1. The van der Waals surface area contributed by atoms with Crippen molar-refractivity contribution in [1.82, 2.24) is 47.9 Å². The highest BCUT2D eigenvalue weighted by Crippen LogP contribution is 2.42. The third kappa shape index (κ3) is 25.8. The van der Waals surface area contributed by atoms with Crippen LogP contribution < -0.4 is 87.3 Å². The van der Waals surface area contributed by atoms with E-state index in [1.54, 1.807) is 13.8 Å². The van der Waals surface area contributed by atoms with Crippen molar-refractivity contribution in [3.8, 4) is 28.2 Å².